The summed E-state index contributed by atoms with van der Waals surface area (Å²) in [7, 11) is 0. The van der Waals surface area contributed by atoms with E-state index in [0.29, 0.717) is 0 Å². The third kappa shape index (κ3) is 18.2. The summed E-state index contributed by atoms with van der Waals surface area (Å²) < 4.78 is 0. The van der Waals surface area contributed by atoms with Crippen molar-refractivity contribution in [3.8, 4) is 0 Å². The topological polar surface area (TPSA) is 0 Å². The minimum absolute atomic E-state index is 1.01. The van der Waals surface area contributed by atoms with Gasteiger partial charge in [-0.05, 0) is 106 Å². The highest BCUT2D eigenvalue weighted by atomic mass is 14.0. The highest BCUT2D eigenvalue weighted by molar-refractivity contribution is 5.19. The highest BCUT2D eigenvalue weighted by Gasteiger charge is 1.95. The monoisotopic (exact) mass is 408 g/mol. The first-order valence-electron chi connectivity index (χ1n) is 11.8. The molecule has 0 saturated heterocycles. The summed E-state index contributed by atoms with van der Waals surface area (Å²) in [6.07, 6.45) is 26.4. The van der Waals surface area contributed by atoms with E-state index < -0.39 is 0 Å². The van der Waals surface area contributed by atoms with Crippen LogP contribution in [0.15, 0.2) is 82.5 Å². The lowest BCUT2D eigenvalue weighted by molar-refractivity contribution is 0.913. The molecular formula is C30H48. The fourth-order valence-corrected chi connectivity index (χ4v) is 3.21. The molecular weight excluding hydrogens is 360 g/mol. The predicted molar refractivity (Wildman–Crippen MR) is 140 cm³/mol. The van der Waals surface area contributed by atoms with Gasteiger partial charge in [0.15, 0.2) is 0 Å². The lowest BCUT2D eigenvalue weighted by Crippen LogP contribution is -1.83. The number of hydrogen-bond donors (Lipinski definition) is 0. The molecule has 0 aromatic heterocycles. The van der Waals surface area contributed by atoms with E-state index >= 15 is 0 Å². The third-order valence-electron chi connectivity index (χ3n) is 5.25. The second-order valence-electron chi connectivity index (χ2n) is 9.09. The molecule has 0 saturated carbocycles. The molecule has 168 valence electrons. The molecule has 0 N–H and O–H groups in total. The Morgan fingerprint density at radius 3 is 1.33 bits per heavy atom. The quantitative estimate of drug-likeness (QED) is 0.187. The Balaban J connectivity index is 4.31. The predicted octanol–water partition coefficient (Wildman–Crippen LogP) is 10.4. The fourth-order valence-electron chi connectivity index (χ4n) is 3.21. The van der Waals surface area contributed by atoms with Crippen LogP contribution in [0.4, 0.5) is 0 Å². The minimum Gasteiger partial charge on any atom is -0.0988 e. The van der Waals surface area contributed by atoms with Crippen molar-refractivity contribution in [3.63, 3.8) is 0 Å². The van der Waals surface area contributed by atoms with Crippen LogP contribution in [-0.2, 0) is 0 Å². The van der Waals surface area contributed by atoms with Gasteiger partial charge in [0.05, 0.1) is 0 Å². The second-order valence-corrected chi connectivity index (χ2v) is 9.09. The molecule has 0 bridgehead atoms. The van der Waals surface area contributed by atoms with Gasteiger partial charge in [-0.1, -0.05) is 82.5 Å². The smallest absolute Gasteiger partial charge is 0.0161 e. The summed E-state index contributed by atoms with van der Waals surface area (Å²) in [6.45, 7) is 19.4. The Labute approximate surface area is 188 Å². The van der Waals surface area contributed by atoms with E-state index in [4.69, 9.17) is 0 Å². The summed E-state index contributed by atoms with van der Waals surface area (Å²) >= 11 is 0. The summed E-state index contributed by atoms with van der Waals surface area (Å²) in [4.78, 5) is 0. The van der Waals surface area contributed by atoms with Gasteiger partial charge in [-0.25, -0.2) is 0 Å². The van der Waals surface area contributed by atoms with Crippen LogP contribution >= 0.6 is 0 Å². The van der Waals surface area contributed by atoms with Crippen LogP contribution in [0, 0.1) is 0 Å². The normalized spacial score (nSPS) is 13.3. The van der Waals surface area contributed by atoms with E-state index in [1.807, 2.05) is 6.08 Å². The molecule has 0 aliphatic heterocycles. The van der Waals surface area contributed by atoms with E-state index in [0.717, 1.165) is 38.5 Å². The molecule has 0 unspecified atom stereocenters. The average molecular weight is 409 g/mol. The summed E-state index contributed by atoms with van der Waals surface area (Å²) in [5.74, 6) is 0. The lowest BCUT2D eigenvalue weighted by Gasteiger charge is -2.03. The van der Waals surface area contributed by atoms with E-state index in [9.17, 15) is 0 Å². The van der Waals surface area contributed by atoms with Crippen molar-refractivity contribution in [1.29, 1.82) is 0 Å². The maximum absolute atomic E-state index is 4.00. The zero-order chi connectivity index (χ0) is 22.8. The third-order valence-corrected chi connectivity index (χ3v) is 5.25. The van der Waals surface area contributed by atoms with Gasteiger partial charge in [-0.2, -0.15) is 0 Å². The first-order chi connectivity index (χ1) is 14.2. The first kappa shape index (κ1) is 28.2. The van der Waals surface area contributed by atoms with Crippen molar-refractivity contribution in [3.05, 3.63) is 82.5 Å². The second kappa shape index (κ2) is 18.0. The largest absolute Gasteiger partial charge is 0.0988 e. The summed E-state index contributed by atoms with van der Waals surface area (Å²) in [5.41, 5.74) is 8.68. The van der Waals surface area contributed by atoms with Gasteiger partial charge in [-0.15, -0.1) is 0 Å². The number of allylic oxidation sites excluding steroid dienone is 13. The SMILES string of the molecule is C=C/C(=C\C/C=C(\C)CC/C=C(\C)CCC=C(C)C)CC/C=C(\C)CCC=C(C)C. The Kier molecular flexibility index (Phi) is 16.9. The highest BCUT2D eigenvalue weighted by Crippen LogP contribution is 2.15. The van der Waals surface area contributed by atoms with Gasteiger partial charge in [0.25, 0.3) is 0 Å². The molecule has 0 amide bonds. The summed E-state index contributed by atoms with van der Waals surface area (Å²) in [5, 5.41) is 0. The Morgan fingerprint density at radius 1 is 0.500 bits per heavy atom. The molecule has 0 spiro atoms. The molecule has 0 aliphatic rings. The maximum atomic E-state index is 4.00. The average Bonchev–Trinajstić information content (AvgIpc) is 2.66. The standard InChI is InChI=1S/C30H48/c1-9-30(23-13-21-28(7)18-11-16-26(4)5)24-14-22-29(8)20-12-19-27(6)17-10-15-25(2)3/h9,15-16,19,21-22,24H,1,10-14,17-18,20,23H2,2-8H3/b27-19+,28-21+,29-22+,30-24+. The molecule has 0 nitrogen and oxygen atoms in total. The van der Waals surface area contributed by atoms with E-state index in [-0.39, 0.29) is 0 Å². The van der Waals surface area contributed by atoms with Crippen LogP contribution in [0.3, 0.4) is 0 Å². The maximum Gasteiger partial charge on any atom is -0.0161 e. The van der Waals surface area contributed by atoms with Gasteiger partial charge >= 0.3 is 0 Å². The van der Waals surface area contributed by atoms with Crippen LogP contribution in [0.5, 0.6) is 0 Å². The minimum atomic E-state index is 1.01. The molecule has 30 heavy (non-hydrogen) atoms. The number of rotatable bonds is 15. The Morgan fingerprint density at radius 2 is 0.900 bits per heavy atom. The van der Waals surface area contributed by atoms with Gasteiger partial charge in [-0.3, -0.25) is 0 Å². The molecule has 0 rings (SSSR count). The van der Waals surface area contributed by atoms with Crippen molar-refractivity contribution < 1.29 is 0 Å². The molecule has 0 aromatic carbocycles. The Bertz CT molecular complexity index is 663. The molecule has 0 atom stereocenters. The van der Waals surface area contributed by atoms with Crippen molar-refractivity contribution >= 4 is 0 Å². The molecule has 0 heteroatoms. The van der Waals surface area contributed by atoms with Crippen molar-refractivity contribution in [2.24, 2.45) is 0 Å². The Hall–Kier alpha value is -1.82. The van der Waals surface area contributed by atoms with Gasteiger partial charge < -0.3 is 0 Å². The van der Waals surface area contributed by atoms with Crippen LogP contribution in [-0.4, -0.2) is 0 Å². The summed E-state index contributed by atoms with van der Waals surface area (Å²) in [6, 6.07) is 0. The zero-order valence-electron chi connectivity index (χ0n) is 21.1. The van der Waals surface area contributed by atoms with E-state index in [1.54, 1.807) is 0 Å². The van der Waals surface area contributed by atoms with Crippen LogP contribution in [0.1, 0.15) is 106 Å². The first-order valence-corrected chi connectivity index (χ1v) is 11.8. The van der Waals surface area contributed by atoms with Crippen LogP contribution in [0.25, 0.3) is 0 Å². The zero-order valence-corrected chi connectivity index (χ0v) is 21.1. The molecule has 0 aliphatic carbocycles. The molecule has 0 aromatic rings. The molecule has 0 heterocycles. The van der Waals surface area contributed by atoms with Gasteiger partial charge in [0.2, 0.25) is 0 Å². The fraction of sp³-hybridized carbons (Fsp3) is 0.533. The van der Waals surface area contributed by atoms with Crippen molar-refractivity contribution in [2.45, 2.75) is 106 Å². The van der Waals surface area contributed by atoms with E-state index in [2.05, 4.69) is 91.5 Å². The van der Waals surface area contributed by atoms with Gasteiger partial charge in [0.1, 0.15) is 0 Å². The molecule has 0 fully saturated rings. The van der Waals surface area contributed by atoms with Crippen LogP contribution in [0.2, 0.25) is 0 Å². The van der Waals surface area contributed by atoms with Gasteiger partial charge in [0, 0.05) is 0 Å². The van der Waals surface area contributed by atoms with Crippen molar-refractivity contribution in [2.75, 3.05) is 0 Å². The number of hydrogen-bond acceptors (Lipinski definition) is 0. The lowest BCUT2D eigenvalue weighted by atomic mass is 10.0. The van der Waals surface area contributed by atoms with Crippen LogP contribution < -0.4 is 0 Å². The van der Waals surface area contributed by atoms with Crippen molar-refractivity contribution in [1.82, 2.24) is 0 Å². The van der Waals surface area contributed by atoms with E-state index in [1.165, 1.54) is 52.7 Å². The molecule has 0 radical (unpaired) electrons.